The van der Waals surface area contributed by atoms with E-state index in [0.29, 0.717) is 0 Å². The van der Waals surface area contributed by atoms with Gasteiger partial charge in [0.2, 0.25) is 0 Å². The van der Waals surface area contributed by atoms with Crippen molar-refractivity contribution < 1.29 is 0 Å². The Kier molecular flexibility index (Phi) is 4.73. The molecule has 0 amide bonds. The molecule has 0 atom stereocenters. The lowest BCUT2D eigenvalue weighted by molar-refractivity contribution is 0.320. The minimum atomic E-state index is 0.794. The number of rotatable bonds is 6. The van der Waals surface area contributed by atoms with Crippen LogP contribution in [0.2, 0.25) is 0 Å². The Morgan fingerprint density at radius 1 is 1.00 bits per heavy atom. The van der Waals surface area contributed by atoms with Gasteiger partial charge < -0.3 is 10.6 Å². The van der Waals surface area contributed by atoms with Crippen molar-refractivity contribution in [2.24, 2.45) is 5.73 Å². The van der Waals surface area contributed by atoms with E-state index in [9.17, 15) is 0 Å². The maximum absolute atomic E-state index is 5.52. The second kappa shape index (κ2) is 6.53. The van der Waals surface area contributed by atoms with Gasteiger partial charge in [0.1, 0.15) is 0 Å². The van der Waals surface area contributed by atoms with E-state index < -0.39 is 0 Å². The van der Waals surface area contributed by atoms with Crippen LogP contribution in [0.15, 0.2) is 42.5 Å². The Labute approximate surface area is 109 Å². The van der Waals surface area contributed by atoms with Crippen LogP contribution in [-0.4, -0.2) is 25.0 Å². The lowest BCUT2D eigenvalue weighted by Crippen LogP contribution is -2.20. The summed E-state index contributed by atoms with van der Waals surface area (Å²) >= 11 is 0. The van der Waals surface area contributed by atoms with Gasteiger partial charge in [-0.25, -0.2) is 0 Å². The number of fused-ring (bicyclic) bond motifs is 1. The number of hydrogen-bond donors (Lipinski definition) is 1. The van der Waals surface area contributed by atoms with Gasteiger partial charge in [0.25, 0.3) is 0 Å². The molecule has 0 aliphatic heterocycles. The van der Waals surface area contributed by atoms with Gasteiger partial charge in [-0.3, -0.25) is 0 Å². The second-order valence-corrected chi connectivity index (χ2v) is 4.87. The summed E-state index contributed by atoms with van der Waals surface area (Å²) in [7, 11) is 2.18. The highest BCUT2D eigenvalue weighted by molar-refractivity contribution is 5.85. The van der Waals surface area contributed by atoms with Crippen LogP contribution in [-0.2, 0) is 6.54 Å². The molecule has 2 N–H and O–H groups in total. The van der Waals surface area contributed by atoms with E-state index in [4.69, 9.17) is 5.73 Å². The Bertz CT molecular complexity index is 488. The van der Waals surface area contributed by atoms with E-state index in [1.807, 2.05) is 0 Å². The van der Waals surface area contributed by atoms with Crippen LogP contribution in [0.25, 0.3) is 10.8 Å². The molecule has 96 valence electrons. The lowest BCUT2D eigenvalue weighted by atomic mass is 10.0. The molecule has 0 saturated carbocycles. The van der Waals surface area contributed by atoms with Gasteiger partial charge in [0.05, 0.1) is 0 Å². The zero-order valence-electron chi connectivity index (χ0n) is 11.1. The largest absolute Gasteiger partial charge is 0.330 e. The maximum atomic E-state index is 5.52. The monoisotopic (exact) mass is 242 g/mol. The van der Waals surface area contributed by atoms with Crippen LogP contribution in [0.1, 0.15) is 18.4 Å². The number of unbranched alkanes of at least 4 members (excludes halogenated alkanes) is 1. The number of nitrogens with zero attached hydrogens (tertiary/aromatic N) is 1. The predicted octanol–water partition coefficient (Wildman–Crippen LogP) is 3.01. The van der Waals surface area contributed by atoms with Crippen LogP contribution in [0.3, 0.4) is 0 Å². The van der Waals surface area contributed by atoms with Crippen molar-refractivity contribution in [1.82, 2.24) is 4.90 Å². The van der Waals surface area contributed by atoms with E-state index in [2.05, 4.69) is 54.4 Å². The van der Waals surface area contributed by atoms with Gasteiger partial charge >= 0.3 is 0 Å². The average molecular weight is 242 g/mol. The Morgan fingerprint density at radius 2 is 1.78 bits per heavy atom. The summed E-state index contributed by atoms with van der Waals surface area (Å²) in [5.41, 5.74) is 6.93. The molecule has 0 unspecified atom stereocenters. The van der Waals surface area contributed by atoms with Gasteiger partial charge in [0.15, 0.2) is 0 Å². The van der Waals surface area contributed by atoms with Gasteiger partial charge in [-0.2, -0.15) is 0 Å². The third-order valence-electron chi connectivity index (χ3n) is 3.31. The van der Waals surface area contributed by atoms with Crippen molar-refractivity contribution in [3.05, 3.63) is 48.0 Å². The highest BCUT2D eigenvalue weighted by Gasteiger charge is 2.03. The summed E-state index contributed by atoms with van der Waals surface area (Å²) in [6.07, 6.45) is 2.29. The van der Waals surface area contributed by atoms with Crippen LogP contribution in [0.4, 0.5) is 0 Å². The lowest BCUT2D eigenvalue weighted by Gasteiger charge is -2.17. The normalized spacial score (nSPS) is 11.3. The molecule has 2 nitrogen and oxygen atoms in total. The Hall–Kier alpha value is -1.38. The molecule has 0 saturated heterocycles. The van der Waals surface area contributed by atoms with Crippen LogP contribution >= 0.6 is 0 Å². The van der Waals surface area contributed by atoms with Gasteiger partial charge in [-0.1, -0.05) is 42.5 Å². The topological polar surface area (TPSA) is 29.3 Å². The summed E-state index contributed by atoms with van der Waals surface area (Å²) in [6, 6.07) is 15.1. The van der Waals surface area contributed by atoms with Crippen molar-refractivity contribution in [3.8, 4) is 0 Å². The summed E-state index contributed by atoms with van der Waals surface area (Å²) in [4.78, 5) is 2.37. The molecule has 0 aromatic heterocycles. The molecule has 2 aromatic rings. The molecule has 2 aromatic carbocycles. The van der Waals surface area contributed by atoms with E-state index in [1.54, 1.807) is 0 Å². The molecule has 0 aliphatic rings. The number of hydrogen-bond acceptors (Lipinski definition) is 2. The van der Waals surface area contributed by atoms with Crippen molar-refractivity contribution in [1.29, 1.82) is 0 Å². The van der Waals surface area contributed by atoms with E-state index in [0.717, 1.165) is 26.1 Å². The van der Waals surface area contributed by atoms with Crippen LogP contribution in [0.5, 0.6) is 0 Å². The molecule has 0 heterocycles. The highest BCUT2D eigenvalue weighted by Crippen LogP contribution is 2.19. The zero-order chi connectivity index (χ0) is 12.8. The van der Waals surface area contributed by atoms with Gasteiger partial charge in [0, 0.05) is 6.54 Å². The van der Waals surface area contributed by atoms with E-state index in [-0.39, 0.29) is 0 Å². The first-order chi connectivity index (χ1) is 8.81. The minimum absolute atomic E-state index is 0.794. The first-order valence-corrected chi connectivity index (χ1v) is 6.66. The maximum Gasteiger partial charge on any atom is 0.0236 e. The first kappa shape index (κ1) is 13.1. The molecule has 18 heavy (non-hydrogen) atoms. The minimum Gasteiger partial charge on any atom is -0.330 e. The van der Waals surface area contributed by atoms with Gasteiger partial charge in [-0.05, 0) is 49.3 Å². The fourth-order valence-corrected chi connectivity index (χ4v) is 2.33. The SMILES string of the molecule is CN(CCCCN)Cc1cccc2ccccc12. The average Bonchev–Trinajstić information content (AvgIpc) is 2.39. The van der Waals surface area contributed by atoms with Crippen molar-refractivity contribution in [2.75, 3.05) is 20.1 Å². The fraction of sp³-hybridized carbons (Fsp3) is 0.375. The molecule has 0 radical (unpaired) electrons. The third-order valence-corrected chi connectivity index (χ3v) is 3.31. The van der Waals surface area contributed by atoms with Gasteiger partial charge in [-0.15, -0.1) is 0 Å². The molecular formula is C16H22N2. The summed E-state index contributed by atoms with van der Waals surface area (Å²) < 4.78 is 0. The number of benzene rings is 2. The molecule has 2 rings (SSSR count). The smallest absolute Gasteiger partial charge is 0.0236 e. The van der Waals surface area contributed by atoms with Crippen LogP contribution < -0.4 is 5.73 Å². The molecule has 0 bridgehead atoms. The number of nitrogens with two attached hydrogens (primary N) is 1. The molecule has 0 spiro atoms. The molecular weight excluding hydrogens is 220 g/mol. The van der Waals surface area contributed by atoms with Crippen molar-refractivity contribution in [3.63, 3.8) is 0 Å². The fourth-order valence-electron chi connectivity index (χ4n) is 2.33. The third kappa shape index (κ3) is 3.31. The predicted molar refractivity (Wildman–Crippen MR) is 78.6 cm³/mol. The first-order valence-electron chi connectivity index (χ1n) is 6.66. The summed E-state index contributed by atoms with van der Waals surface area (Å²) in [5, 5.41) is 2.69. The molecule has 0 fully saturated rings. The summed E-state index contributed by atoms with van der Waals surface area (Å²) in [5.74, 6) is 0. The Morgan fingerprint density at radius 3 is 2.61 bits per heavy atom. The van der Waals surface area contributed by atoms with Crippen molar-refractivity contribution in [2.45, 2.75) is 19.4 Å². The Balaban J connectivity index is 2.07. The highest BCUT2D eigenvalue weighted by atomic mass is 15.1. The summed E-state index contributed by atoms with van der Waals surface area (Å²) in [6.45, 7) is 2.91. The van der Waals surface area contributed by atoms with E-state index in [1.165, 1.54) is 22.8 Å². The quantitative estimate of drug-likeness (QED) is 0.789. The molecule has 2 heteroatoms. The standard InChI is InChI=1S/C16H22N2/c1-18(12-5-4-11-17)13-15-9-6-8-14-7-2-3-10-16(14)15/h2-3,6-10H,4-5,11-13,17H2,1H3. The second-order valence-electron chi connectivity index (χ2n) is 4.87. The molecule has 0 aliphatic carbocycles. The van der Waals surface area contributed by atoms with Crippen LogP contribution in [0, 0.1) is 0 Å². The zero-order valence-corrected chi connectivity index (χ0v) is 11.1. The van der Waals surface area contributed by atoms with Crippen molar-refractivity contribution >= 4 is 10.8 Å². The van der Waals surface area contributed by atoms with E-state index >= 15 is 0 Å².